The zero-order valence-corrected chi connectivity index (χ0v) is 11.5. The number of nitrogens with two attached hydrogens (primary N) is 1. The molecule has 2 N–H and O–H groups in total. The van der Waals surface area contributed by atoms with Crippen LogP contribution in [0.2, 0.25) is 5.02 Å². The van der Waals surface area contributed by atoms with Gasteiger partial charge in [-0.25, -0.2) is 0 Å². The molecule has 0 aliphatic carbocycles. The van der Waals surface area contributed by atoms with Gasteiger partial charge in [0.15, 0.2) is 0 Å². The summed E-state index contributed by atoms with van der Waals surface area (Å²) in [4.78, 5) is 2.36. The Morgan fingerprint density at radius 3 is 2.94 bits per heavy atom. The highest BCUT2D eigenvalue weighted by atomic mass is 35.5. The van der Waals surface area contributed by atoms with Crippen molar-refractivity contribution in [2.45, 2.75) is 31.8 Å². The van der Waals surface area contributed by atoms with Gasteiger partial charge >= 0.3 is 0 Å². The summed E-state index contributed by atoms with van der Waals surface area (Å²) in [5.41, 5.74) is 8.65. The largest absolute Gasteiger partial charge is 0.493 e. The van der Waals surface area contributed by atoms with Gasteiger partial charge in [-0.3, -0.25) is 4.90 Å². The second kappa shape index (κ2) is 4.41. The summed E-state index contributed by atoms with van der Waals surface area (Å²) in [6, 6.07) is 4.04. The molecule has 0 bridgehead atoms. The normalized spacial score (nSPS) is 21.3. The fraction of sp³-hybridized carbons (Fsp3) is 0.571. The molecule has 0 unspecified atom stereocenters. The van der Waals surface area contributed by atoms with E-state index in [1.807, 2.05) is 12.1 Å². The first-order chi connectivity index (χ1) is 8.59. The number of ether oxygens (including phenoxy) is 1. The van der Waals surface area contributed by atoms with E-state index in [2.05, 4.69) is 11.8 Å². The molecule has 2 aliphatic rings. The van der Waals surface area contributed by atoms with Crippen molar-refractivity contribution in [2.75, 3.05) is 19.7 Å². The van der Waals surface area contributed by atoms with Crippen molar-refractivity contribution in [3.8, 4) is 5.75 Å². The minimum absolute atomic E-state index is 0.0165. The van der Waals surface area contributed by atoms with Gasteiger partial charge in [-0.1, -0.05) is 18.5 Å². The van der Waals surface area contributed by atoms with E-state index in [1.54, 1.807) is 0 Å². The monoisotopic (exact) mass is 266 g/mol. The summed E-state index contributed by atoms with van der Waals surface area (Å²) in [7, 11) is 0. The van der Waals surface area contributed by atoms with Crippen LogP contribution in [0.4, 0.5) is 0 Å². The fourth-order valence-corrected chi connectivity index (χ4v) is 3.15. The topological polar surface area (TPSA) is 38.5 Å². The van der Waals surface area contributed by atoms with Gasteiger partial charge in [-0.2, -0.15) is 0 Å². The zero-order valence-electron chi connectivity index (χ0n) is 10.7. The summed E-state index contributed by atoms with van der Waals surface area (Å²) >= 11 is 6.16. The van der Waals surface area contributed by atoms with Crippen LogP contribution in [0.3, 0.4) is 0 Å². The van der Waals surface area contributed by atoms with E-state index in [0.29, 0.717) is 0 Å². The van der Waals surface area contributed by atoms with Gasteiger partial charge < -0.3 is 10.5 Å². The smallest absolute Gasteiger partial charge is 0.127 e. The molecule has 0 saturated carbocycles. The van der Waals surface area contributed by atoms with Crippen LogP contribution in [0.5, 0.6) is 5.75 Å². The number of nitrogens with zero attached hydrogens (tertiary/aromatic N) is 1. The Balaban J connectivity index is 1.75. The van der Waals surface area contributed by atoms with Crippen LogP contribution in [0.25, 0.3) is 0 Å². The van der Waals surface area contributed by atoms with Crippen molar-refractivity contribution in [3.05, 3.63) is 28.3 Å². The van der Waals surface area contributed by atoms with Gasteiger partial charge in [0, 0.05) is 42.2 Å². The summed E-state index contributed by atoms with van der Waals surface area (Å²) < 4.78 is 5.72. The quantitative estimate of drug-likeness (QED) is 0.912. The van der Waals surface area contributed by atoms with Crippen LogP contribution >= 0.6 is 11.6 Å². The summed E-state index contributed by atoms with van der Waals surface area (Å²) in [6.45, 7) is 5.74. The summed E-state index contributed by atoms with van der Waals surface area (Å²) in [5, 5.41) is 0.810. The molecular weight excluding hydrogens is 248 g/mol. The van der Waals surface area contributed by atoms with Crippen molar-refractivity contribution < 1.29 is 4.74 Å². The minimum Gasteiger partial charge on any atom is -0.493 e. The molecule has 0 radical (unpaired) electrons. The van der Waals surface area contributed by atoms with Gasteiger partial charge in [0.2, 0.25) is 0 Å². The third-order valence-corrected chi connectivity index (χ3v) is 4.22. The van der Waals surface area contributed by atoms with Gasteiger partial charge in [0.05, 0.1) is 6.61 Å². The van der Waals surface area contributed by atoms with E-state index in [4.69, 9.17) is 22.1 Å². The lowest BCUT2D eigenvalue weighted by molar-refractivity contribution is 0.0600. The lowest BCUT2D eigenvalue weighted by atomic mass is 9.88. The van der Waals surface area contributed by atoms with E-state index < -0.39 is 0 Å². The first-order valence-corrected chi connectivity index (χ1v) is 6.93. The van der Waals surface area contributed by atoms with Crippen molar-refractivity contribution >= 4 is 11.6 Å². The Morgan fingerprint density at radius 2 is 2.22 bits per heavy atom. The van der Waals surface area contributed by atoms with Gasteiger partial charge in [0.1, 0.15) is 5.75 Å². The Labute approximate surface area is 113 Å². The third-order valence-electron chi connectivity index (χ3n) is 4.00. The maximum absolute atomic E-state index is 6.19. The van der Waals surface area contributed by atoms with E-state index >= 15 is 0 Å². The molecule has 2 heterocycles. The van der Waals surface area contributed by atoms with Crippen molar-refractivity contribution in [1.82, 2.24) is 4.90 Å². The maximum Gasteiger partial charge on any atom is 0.127 e. The summed E-state index contributed by atoms with van der Waals surface area (Å²) in [6.07, 6.45) is 2.01. The van der Waals surface area contributed by atoms with Gasteiger partial charge in [-0.15, -0.1) is 0 Å². The molecule has 0 aromatic heterocycles. The number of halogens is 1. The lowest BCUT2D eigenvalue weighted by Crippen LogP contribution is -2.66. The molecule has 4 heteroatoms. The van der Waals surface area contributed by atoms with Crippen LogP contribution < -0.4 is 10.5 Å². The molecule has 1 aromatic rings. The highest BCUT2D eigenvalue weighted by Gasteiger charge is 2.37. The average Bonchev–Trinajstić information content (AvgIpc) is 2.74. The number of rotatable bonds is 3. The van der Waals surface area contributed by atoms with Crippen molar-refractivity contribution in [3.63, 3.8) is 0 Å². The molecule has 1 aromatic carbocycles. The second-order valence-electron chi connectivity index (χ2n) is 5.51. The predicted octanol–water partition coefficient (Wildman–Crippen LogP) is 2.20. The molecule has 0 spiro atoms. The average molecular weight is 267 g/mol. The van der Waals surface area contributed by atoms with Crippen LogP contribution in [-0.4, -0.2) is 30.1 Å². The molecule has 0 amide bonds. The summed E-state index contributed by atoms with van der Waals surface area (Å²) in [5.74, 6) is 1.05. The lowest BCUT2D eigenvalue weighted by Gasteiger charge is -2.47. The van der Waals surface area contributed by atoms with Gasteiger partial charge in [0.25, 0.3) is 0 Å². The minimum atomic E-state index is 0.0165. The van der Waals surface area contributed by atoms with Crippen LogP contribution in [-0.2, 0) is 13.0 Å². The number of likely N-dealkylation sites (tertiary alicyclic amines) is 1. The Hall–Kier alpha value is -0.770. The highest BCUT2D eigenvalue weighted by molar-refractivity contribution is 6.30. The zero-order chi connectivity index (χ0) is 12.8. The number of hydrogen-bond acceptors (Lipinski definition) is 3. The molecule has 3 rings (SSSR count). The fourth-order valence-electron chi connectivity index (χ4n) is 2.88. The standard InChI is InChI=1S/C14H19ClN2O/c1-2-14(16)8-17(9-14)7-11-6-12(15)5-10-3-4-18-13(10)11/h5-6H,2-4,7-9,16H2,1H3. The third kappa shape index (κ3) is 2.11. The Kier molecular flexibility index (Phi) is 3.00. The molecule has 1 fully saturated rings. The number of hydrogen-bond donors (Lipinski definition) is 1. The number of fused-ring (bicyclic) bond motifs is 1. The van der Waals surface area contributed by atoms with E-state index in [9.17, 15) is 0 Å². The maximum atomic E-state index is 6.19. The first-order valence-electron chi connectivity index (χ1n) is 6.55. The van der Waals surface area contributed by atoms with Crippen molar-refractivity contribution in [1.29, 1.82) is 0 Å². The number of benzene rings is 1. The molecule has 1 saturated heterocycles. The van der Waals surface area contributed by atoms with E-state index in [1.165, 1.54) is 11.1 Å². The van der Waals surface area contributed by atoms with Crippen LogP contribution in [0.1, 0.15) is 24.5 Å². The van der Waals surface area contributed by atoms with E-state index in [0.717, 1.165) is 49.9 Å². The molecular formula is C14H19ClN2O. The predicted molar refractivity (Wildman–Crippen MR) is 73.1 cm³/mol. The second-order valence-corrected chi connectivity index (χ2v) is 5.95. The first kappa shape index (κ1) is 12.3. The molecule has 3 nitrogen and oxygen atoms in total. The van der Waals surface area contributed by atoms with E-state index in [-0.39, 0.29) is 5.54 Å². The highest BCUT2D eigenvalue weighted by Crippen LogP contribution is 2.35. The van der Waals surface area contributed by atoms with Crippen LogP contribution in [0.15, 0.2) is 12.1 Å². The van der Waals surface area contributed by atoms with Crippen molar-refractivity contribution in [2.24, 2.45) is 5.73 Å². The SMILES string of the molecule is CCC1(N)CN(Cc2cc(Cl)cc3c2OCC3)C1. The Morgan fingerprint density at radius 1 is 1.44 bits per heavy atom. The van der Waals surface area contributed by atoms with Crippen LogP contribution in [0, 0.1) is 0 Å². The van der Waals surface area contributed by atoms with Gasteiger partial charge in [-0.05, 0) is 24.1 Å². The molecule has 98 valence electrons. The molecule has 18 heavy (non-hydrogen) atoms. The molecule has 0 atom stereocenters. The molecule has 2 aliphatic heterocycles. The Bertz CT molecular complexity index is 469.